The Labute approximate surface area is 250 Å². The summed E-state index contributed by atoms with van der Waals surface area (Å²) in [7, 11) is -6.37. The van der Waals surface area contributed by atoms with Crippen molar-refractivity contribution in [1.82, 2.24) is 19.7 Å². The molecule has 0 bridgehead atoms. The summed E-state index contributed by atoms with van der Waals surface area (Å²) in [6.07, 6.45) is 2.50. The number of aliphatic imine (C=N–C) groups is 1. The fourth-order valence-electron chi connectivity index (χ4n) is 2.76. The summed E-state index contributed by atoms with van der Waals surface area (Å²) in [6.45, 7) is 0.443. The number of rotatable bonds is 13. The number of sulfonamides is 2. The molecule has 0 aliphatic heterocycles. The molecule has 0 atom stereocenters. The van der Waals surface area contributed by atoms with E-state index >= 15 is 0 Å². The van der Waals surface area contributed by atoms with Crippen LogP contribution in [0.5, 0.6) is 0 Å². The third-order valence-electron chi connectivity index (χ3n) is 4.73. The van der Waals surface area contributed by atoms with Gasteiger partial charge in [0.15, 0.2) is 0 Å². The third-order valence-corrected chi connectivity index (χ3v) is 9.39. The Bertz CT molecular complexity index is 1530. The van der Waals surface area contributed by atoms with E-state index in [9.17, 15) is 31.5 Å². The molecule has 0 spiro atoms. The molecule has 0 radical (unpaired) electrons. The number of nitrogens with two attached hydrogens (primary N) is 2. The smallest absolute Gasteiger partial charge is 0.328 e. The lowest BCUT2D eigenvalue weighted by molar-refractivity contribution is -0.355. The molecule has 1 aliphatic carbocycles. The van der Waals surface area contributed by atoms with Gasteiger partial charge in [-0.25, -0.2) is 36.1 Å². The second kappa shape index (κ2) is 16.1. The molecule has 3 rings (SSSR count). The van der Waals surface area contributed by atoms with Crippen molar-refractivity contribution in [3.8, 4) is 0 Å². The number of benzene rings is 1. The molecule has 1 saturated carbocycles. The first kappa shape index (κ1) is 34.5. The van der Waals surface area contributed by atoms with Crippen molar-refractivity contribution in [2.75, 3.05) is 19.3 Å². The topological polar surface area (TPSA) is 273 Å². The zero-order valence-electron chi connectivity index (χ0n) is 22.1. The molecule has 2 aromatic rings. The van der Waals surface area contributed by atoms with Crippen LogP contribution < -0.4 is 36.3 Å². The van der Waals surface area contributed by atoms with Gasteiger partial charge < -0.3 is 31.8 Å². The predicted molar refractivity (Wildman–Crippen MR) is 156 cm³/mol. The van der Waals surface area contributed by atoms with Crippen LogP contribution in [0.4, 0.5) is 5.13 Å². The Morgan fingerprint density at radius 1 is 1.21 bits per heavy atom. The Morgan fingerprint density at radius 2 is 1.88 bits per heavy atom. The molecule has 0 amide bonds. The van der Waals surface area contributed by atoms with Gasteiger partial charge in [0.05, 0.1) is 15.8 Å². The summed E-state index contributed by atoms with van der Waals surface area (Å²) in [5, 5.41) is 22.7. The first-order valence-corrected chi connectivity index (χ1v) is 16.9. The van der Waals surface area contributed by atoms with E-state index in [-0.39, 0.29) is 27.8 Å². The fraction of sp³-hybridized carbons (Fsp3) is 0.318. The van der Waals surface area contributed by atoms with Crippen LogP contribution in [-0.4, -0.2) is 76.2 Å². The number of nitrogens with zero attached hydrogens (tertiary/aromatic N) is 2. The standard InChI is InChI=1S/C18H26N8O4S4.C4H4O4/c1-21-17(22-7-8-31-10-13-11-32-18(23-13)24-16(19)20)26-34(29,30)15-4-2-3-14(9-15)33(27,28)25-12-5-6-12;5-3(6)1-2-4(7)8/h2-4,9,11-12,25H,5-8,10H2,1H3,(H2,21,22,26)(H4,19,20,23,24);1-2H,(H,5,6)(H,7,8)/b;2-1+. The Kier molecular flexibility index (Phi) is 13.2. The molecule has 1 fully saturated rings. The Balaban J connectivity index is 0.000000675. The number of carboxylic acid groups (broad SMARTS) is 2. The van der Waals surface area contributed by atoms with E-state index in [0.29, 0.717) is 35.3 Å². The maximum Gasteiger partial charge on any atom is 0.328 e. The Hall–Kier alpha value is -3.72. The molecular weight excluding hydrogens is 633 g/mol. The van der Waals surface area contributed by atoms with Crippen LogP contribution in [0.25, 0.3) is 0 Å². The lowest BCUT2D eigenvalue weighted by Crippen LogP contribution is -2.72. The summed E-state index contributed by atoms with van der Waals surface area (Å²) in [4.78, 5) is 29.7. The zero-order chi connectivity index (χ0) is 31.3. The van der Waals surface area contributed by atoms with Gasteiger partial charge in [-0.15, -0.1) is 4.98 Å². The average molecular weight is 663 g/mol. The number of hydrogen-bond donors (Lipinski definition) is 7. The molecule has 1 aliphatic rings. The van der Waals surface area contributed by atoms with Gasteiger partial charge in [-0.05, 0) is 37.1 Å². The van der Waals surface area contributed by atoms with Crippen molar-refractivity contribution in [2.24, 2.45) is 16.5 Å². The molecule has 230 valence electrons. The van der Waals surface area contributed by atoms with Crippen LogP contribution in [0.1, 0.15) is 18.5 Å². The van der Waals surface area contributed by atoms with E-state index < -0.39 is 32.0 Å². The van der Waals surface area contributed by atoms with Crippen molar-refractivity contribution in [3.05, 3.63) is 47.5 Å². The summed E-state index contributed by atoms with van der Waals surface area (Å²) in [5.74, 6) is -1.35. The SMILES string of the molecule is CN=C(NCCSCc1csc([NH+]=C(N)N)n1)NS(=O)(=O)c1cccc(S(=O)(=O)NC2CC2)c1.O=C([O-])/C=C/C(=O)O. The van der Waals surface area contributed by atoms with Gasteiger partial charge in [-0.1, -0.05) is 17.4 Å². The number of carboxylic acids is 2. The van der Waals surface area contributed by atoms with Crippen LogP contribution >= 0.6 is 23.1 Å². The molecule has 20 heteroatoms. The maximum absolute atomic E-state index is 12.8. The number of carbonyl (C=O) groups excluding carboxylic acids is 1. The van der Waals surface area contributed by atoms with Gasteiger partial charge >= 0.3 is 11.9 Å². The van der Waals surface area contributed by atoms with E-state index in [2.05, 4.69) is 29.7 Å². The van der Waals surface area contributed by atoms with Gasteiger partial charge in [-0.2, -0.15) is 11.8 Å². The van der Waals surface area contributed by atoms with Crippen molar-refractivity contribution < 1.29 is 41.6 Å². The highest BCUT2D eigenvalue weighted by Gasteiger charge is 2.29. The highest BCUT2D eigenvalue weighted by atomic mass is 32.2. The average Bonchev–Trinajstić information content (AvgIpc) is 3.61. The third kappa shape index (κ3) is 12.9. The number of aliphatic carboxylic acids is 2. The van der Waals surface area contributed by atoms with Crippen molar-refractivity contribution in [1.29, 1.82) is 0 Å². The van der Waals surface area contributed by atoms with Crippen LogP contribution in [0.2, 0.25) is 0 Å². The lowest BCUT2D eigenvalue weighted by atomic mass is 10.4. The zero-order valence-corrected chi connectivity index (χ0v) is 25.4. The minimum atomic E-state index is -4.04. The Morgan fingerprint density at radius 3 is 2.43 bits per heavy atom. The molecule has 0 unspecified atom stereocenters. The molecule has 42 heavy (non-hydrogen) atoms. The summed E-state index contributed by atoms with van der Waals surface area (Å²) >= 11 is 2.99. The van der Waals surface area contributed by atoms with Gasteiger partial charge in [0.2, 0.25) is 16.0 Å². The molecule has 9 N–H and O–H groups in total. The number of hydrogen-bond acceptors (Lipinski definition) is 11. The maximum atomic E-state index is 12.8. The van der Waals surface area contributed by atoms with Gasteiger partial charge in [-0.3, -0.25) is 4.99 Å². The molecule has 1 aromatic carbocycles. The normalized spacial score (nSPS) is 13.6. The van der Waals surface area contributed by atoms with Gasteiger partial charge in [0.1, 0.15) is 5.69 Å². The van der Waals surface area contributed by atoms with Crippen molar-refractivity contribution in [2.45, 2.75) is 34.4 Å². The van der Waals surface area contributed by atoms with E-state index in [1.807, 2.05) is 5.38 Å². The first-order valence-electron chi connectivity index (χ1n) is 11.9. The van der Waals surface area contributed by atoms with E-state index in [0.717, 1.165) is 24.6 Å². The second-order valence-electron chi connectivity index (χ2n) is 8.24. The molecule has 1 heterocycles. The molecule has 1 aromatic heterocycles. The lowest BCUT2D eigenvalue weighted by Gasteiger charge is -2.13. The second-order valence-corrected chi connectivity index (χ2v) is 13.6. The number of carbonyl (C=O) groups is 2. The largest absolute Gasteiger partial charge is 0.545 e. The van der Waals surface area contributed by atoms with Crippen molar-refractivity contribution >= 4 is 72.1 Å². The van der Waals surface area contributed by atoms with Crippen molar-refractivity contribution in [3.63, 3.8) is 0 Å². The highest BCUT2D eigenvalue weighted by molar-refractivity contribution is 7.98. The number of aromatic nitrogens is 1. The van der Waals surface area contributed by atoms with Gasteiger partial charge in [0.25, 0.3) is 15.2 Å². The monoisotopic (exact) mass is 662 g/mol. The van der Waals surface area contributed by atoms with E-state index in [1.54, 1.807) is 11.8 Å². The van der Waals surface area contributed by atoms with Crippen LogP contribution in [0.3, 0.4) is 0 Å². The summed E-state index contributed by atoms with van der Waals surface area (Å²) < 4.78 is 55.3. The van der Waals surface area contributed by atoms with Crippen LogP contribution in [0, 0.1) is 0 Å². The first-order chi connectivity index (χ1) is 19.7. The van der Waals surface area contributed by atoms with E-state index in [4.69, 9.17) is 16.6 Å². The van der Waals surface area contributed by atoms with Crippen LogP contribution in [-0.2, 0) is 35.4 Å². The number of guanidine groups is 2. The molecular formula is C22H30N8O8S4. The minimum Gasteiger partial charge on any atom is -0.545 e. The van der Waals surface area contributed by atoms with Gasteiger partial charge in [0, 0.05) is 42.6 Å². The number of thioether (sulfide) groups is 1. The number of thiazole rings is 1. The number of nitrogens with one attached hydrogen (secondary N) is 4. The summed E-state index contributed by atoms with van der Waals surface area (Å²) in [5.41, 5.74) is 11.6. The predicted octanol–water partition coefficient (Wildman–Crippen LogP) is -3.27. The minimum absolute atomic E-state index is 0.0547. The fourth-order valence-corrected chi connectivity index (χ4v) is 6.84. The quantitative estimate of drug-likeness (QED) is 0.0481. The summed E-state index contributed by atoms with van der Waals surface area (Å²) in [6, 6.07) is 5.13. The molecule has 0 saturated heterocycles. The highest BCUT2D eigenvalue weighted by Crippen LogP contribution is 2.23. The molecule has 16 nitrogen and oxygen atoms in total. The van der Waals surface area contributed by atoms with E-state index in [1.165, 1.54) is 36.6 Å². The van der Waals surface area contributed by atoms with Crippen LogP contribution in [0.15, 0.2) is 56.6 Å².